The number of ether oxygens (including phenoxy) is 2. The molecule has 0 bridgehead atoms. The number of nitrogens with zero attached hydrogens (tertiary/aromatic N) is 2. The predicted octanol–water partition coefficient (Wildman–Crippen LogP) is 5.41. The molecule has 1 aromatic heterocycles. The van der Waals surface area contributed by atoms with Gasteiger partial charge in [0.15, 0.2) is 6.29 Å². The molecule has 9 nitrogen and oxygen atoms in total. The lowest BCUT2D eigenvalue weighted by atomic mass is 10.00. The average Bonchev–Trinajstić information content (AvgIpc) is 3.41. The van der Waals surface area contributed by atoms with Gasteiger partial charge >= 0.3 is 0 Å². The number of nitrogens with one attached hydrogen (secondary N) is 2. The Balaban J connectivity index is 1.27. The molecule has 42 heavy (non-hydrogen) atoms. The van der Waals surface area contributed by atoms with Crippen LogP contribution in [0.2, 0.25) is 0 Å². The Morgan fingerprint density at radius 1 is 0.976 bits per heavy atom. The molecule has 2 heterocycles. The predicted molar refractivity (Wildman–Crippen MR) is 160 cm³/mol. The molecule has 9 heteroatoms. The van der Waals surface area contributed by atoms with Crippen molar-refractivity contribution in [1.82, 2.24) is 14.9 Å². The molecule has 3 N–H and O–H groups in total. The Labute approximate surface area is 245 Å². The van der Waals surface area contributed by atoms with Gasteiger partial charge < -0.3 is 29.8 Å². The smallest absolute Gasteiger partial charge is 0.224 e. The highest BCUT2D eigenvalue weighted by Crippen LogP contribution is 2.39. The van der Waals surface area contributed by atoms with Gasteiger partial charge in [-0.15, -0.1) is 0 Å². The molecule has 0 radical (unpaired) electrons. The third-order valence-electron chi connectivity index (χ3n) is 7.44. The summed E-state index contributed by atoms with van der Waals surface area (Å²) in [6, 6.07) is 23.5. The van der Waals surface area contributed by atoms with E-state index in [1.807, 2.05) is 73.1 Å². The number of hydrogen-bond acceptors (Lipinski definition) is 6. The second kappa shape index (κ2) is 14.2. The van der Waals surface area contributed by atoms with Crippen molar-refractivity contribution in [2.24, 2.45) is 0 Å². The van der Waals surface area contributed by atoms with E-state index in [0.717, 1.165) is 47.0 Å². The second-order valence-corrected chi connectivity index (χ2v) is 10.7. The summed E-state index contributed by atoms with van der Waals surface area (Å²) in [7, 11) is 0. The number of carbonyl (C=O) groups is 2. The van der Waals surface area contributed by atoms with Gasteiger partial charge in [0, 0.05) is 37.6 Å². The molecule has 1 aliphatic heterocycles. The summed E-state index contributed by atoms with van der Waals surface area (Å²) in [5.74, 6) is -0.0881. The molecule has 1 fully saturated rings. The van der Waals surface area contributed by atoms with Crippen LogP contribution in [0.15, 0.2) is 79.1 Å². The molecule has 3 unspecified atom stereocenters. The molecule has 220 valence electrons. The lowest BCUT2D eigenvalue weighted by molar-refractivity contribution is -0.252. The lowest BCUT2D eigenvalue weighted by Gasteiger charge is -2.36. The minimum atomic E-state index is -0.633. The Kier molecular flexibility index (Phi) is 9.97. The summed E-state index contributed by atoms with van der Waals surface area (Å²) in [6.45, 7) is 2.74. The zero-order chi connectivity index (χ0) is 29.3. The van der Waals surface area contributed by atoms with Crippen molar-refractivity contribution in [1.29, 1.82) is 0 Å². The van der Waals surface area contributed by atoms with Gasteiger partial charge in [-0.2, -0.15) is 0 Å². The van der Waals surface area contributed by atoms with E-state index in [-0.39, 0.29) is 30.6 Å². The number of imidazole rings is 1. The van der Waals surface area contributed by atoms with Gasteiger partial charge in [-0.05, 0) is 48.2 Å². The number of carbonyl (C=O) groups excluding carboxylic acids is 2. The van der Waals surface area contributed by atoms with E-state index in [9.17, 15) is 14.7 Å². The van der Waals surface area contributed by atoms with Crippen molar-refractivity contribution >= 4 is 28.5 Å². The van der Waals surface area contributed by atoms with Crippen LogP contribution in [0.4, 0.5) is 5.69 Å². The van der Waals surface area contributed by atoms with E-state index >= 15 is 0 Å². The number of para-hydroxylation sites is 2. The Morgan fingerprint density at radius 3 is 2.62 bits per heavy atom. The van der Waals surface area contributed by atoms with Gasteiger partial charge in [-0.1, -0.05) is 55.0 Å². The quantitative estimate of drug-likeness (QED) is 0.196. The zero-order valence-corrected chi connectivity index (χ0v) is 23.9. The molecule has 3 aromatic carbocycles. The summed E-state index contributed by atoms with van der Waals surface area (Å²) in [5.41, 5.74) is 5.36. The van der Waals surface area contributed by atoms with E-state index in [2.05, 4.69) is 26.3 Å². The van der Waals surface area contributed by atoms with Crippen molar-refractivity contribution in [3.63, 3.8) is 0 Å². The van der Waals surface area contributed by atoms with Gasteiger partial charge in [-0.25, -0.2) is 4.98 Å². The minimum absolute atomic E-state index is 0.0105. The third-order valence-corrected chi connectivity index (χ3v) is 7.44. The van der Waals surface area contributed by atoms with Crippen molar-refractivity contribution < 1.29 is 24.2 Å². The number of aromatic nitrogens is 2. The fourth-order valence-corrected chi connectivity index (χ4v) is 5.25. The highest BCUT2D eigenvalue weighted by atomic mass is 16.7. The van der Waals surface area contributed by atoms with Crippen molar-refractivity contribution in [3.05, 3.63) is 95.8 Å². The third kappa shape index (κ3) is 7.82. The first-order chi connectivity index (χ1) is 20.5. The molecule has 0 spiro atoms. The van der Waals surface area contributed by atoms with Gasteiger partial charge in [-0.3, -0.25) is 9.59 Å². The first kappa shape index (κ1) is 29.4. The summed E-state index contributed by atoms with van der Waals surface area (Å²) < 4.78 is 15.1. The van der Waals surface area contributed by atoms with Gasteiger partial charge in [0.25, 0.3) is 0 Å². The van der Waals surface area contributed by atoms with Gasteiger partial charge in [0.2, 0.25) is 11.8 Å². The number of benzene rings is 3. The number of amides is 2. The zero-order valence-electron chi connectivity index (χ0n) is 23.9. The van der Waals surface area contributed by atoms with Crippen molar-refractivity contribution in [3.8, 4) is 0 Å². The fourth-order valence-electron chi connectivity index (χ4n) is 5.25. The largest absolute Gasteiger partial charge is 0.392 e. The summed E-state index contributed by atoms with van der Waals surface area (Å²) >= 11 is 0. The number of unbranched alkanes of at least 4 members (excludes halogenated alkanes) is 2. The molecule has 5 rings (SSSR count). The van der Waals surface area contributed by atoms with Crippen LogP contribution in [0, 0.1) is 0 Å². The number of aliphatic hydroxyl groups excluding tert-OH is 1. The minimum Gasteiger partial charge on any atom is -0.392 e. The van der Waals surface area contributed by atoms with E-state index < -0.39 is 6.29 Å². The van der Waals surface area contributed by atoms with Crippen LogP contribution in [0.5, 0.6) is 0 Å². The molecule has 0 aliphatic carbocycles. The van der Waals surface area contributed by atoms with Crippen LogP contribution in [0.1, 0.15) is 68.1 Å². The Hall–Kier alpha value is -4.05. The highest BCUT2D eigenvalue weighted by molar-refractivity contribution is 5.90. The van der Waals surface area contributed by atoms with Crippen LogP contribution in [0.25, 0.3) is 11.0 Å². The molecule has 1 aliphatic rings. The first-order valence-corrected chi connectivity index (χ1v) is 14.5. The first-order valence-electron chi connectivity index (χ1n) is 14.5. The second-order valence-electron chi connectivity index (χ2n) is 10.7. The standard InChI is InChI=1S/C33H38N4O5/c1-23(39)34-17-6-2-3-12-32(40)36-27-9-7-8-26(18-27)33-41-28(20-37-22-35-29-10-4-5-11-30(29)37)19-31(42-33)25-15-13-24(21-38)14-16-25/h4-5,7-11,13-16,18,22,28,31,33,38H,2-3,6,12,17,19-21H2,1H3,(H,34,39)(H,36,40). The highest BCUT2D eigenvalue weighted by Gasteiger charge is 2.32. The molecule has 4 aromatic rings. The van der Waals surface area contributed by atoms with Crippen LogP contribution in [0.3, 0.4) is 0 Å². The average molecular weight is 571 g/mol. The van der Waals surface area contributed by atoms with E-state index in [0.29, 0.717) is 31.6 Å². The Bertz CT molecular complexity index is 1490. The van der Waals surface area contributed by atoms with Gasteiger partial charge in [0.1, 0.15) is 0 Å². The molecule has 2 amide bonds. The van der Waals surface area contributed by atoms with Crippen LogP contribution >= 0.6 is 0 Å². The monoisotopic (exact) mass is 570 g/mol. The normalized spacial score (nSPS) is 18.6. The molecular formula is C33H38N4O5. The molecule has 0 saturated carbocycles. The number of fused-ring (bicyclic) bond motifs is 1. The van der Waals surface area contributed by atoms with Crippen LogP contribution in [-0.2, 0) is 32.2 Å². The lowest BCUT2D eigenvalue weighted by Crippen LogP contribution is -2.32. The molecular weight excluding hydrogens is 532 g/mol. The Morgan fingerprint density at radius 2 is 1.81 bits per heavy atom. The summed E-state index contributed by atoms with van der Waals surface area (Å²) in [4.78, 5) is 28.1. The van der Waals surface area contributed by atoms with E-state index in [4.69, 9.17) is 9.47 Å². The molecule has 3 atom stereocenters. The number of hydrogen-bond donors (Lipinski definition) is 3. The van der Waals surface area contributed by atoms with Crippen molar-refractivity contribution in [2.45, 2.75) is 70.7 Å². The van der Waals surface area contributed by atoms with Gasteiger partial charge in [0.05, 0.1) is 42.7 Å². The van der Waals surface area contributed by atoms with E-state index in [1.54, 1.807) is 0 Å². The van der Waals surface area contributed by atoms with Crippen LogP contribution in [-0.4, -0.2) is 39.1 Å². The maximum absolute atomic E-state index is 12.6. The summed E-state index contributed by atoms with van der Waals surface area (Å²) in [6.07, 6.45) is 4.37. The SMILES string of the molecule is CC(=O)NCCCCCC(=O)Nc1cccc(C2OC(Cn3cnc4ccccc43)CC(c3ccc(CO)cc3)O2)c1. The van der Waals surface area contributed by atoms with Crippen LogP contribution < -0.4 is 10.6 Å². The van der Waals surface area contributed by atoms with E-state index in [1.165, 1.54) is 6.92 Å². The molecule has 1 saturated heterocycles. The topological polar surface area (TPSA) is 115 Å². The van der Waals surface area contributed by atoms with Crippen molar-refractivity contribution in [2.75, 3.05) is 11.9 Å². The number of aliphatic hydroxyl groups is 1. The maximum atomic E-state index is 12.6. The number of anilines is 1. The maximum Gasteiger partial charge on any atom is 0.224 e. The fraction of sp³-hybridized carbons (Fsp3) is 0.364. The number of rotatable bonds is 12. The summed E-state index contributed by atoms with van der Waals surface area (Å²) in [5, 5.41) is 15.3.